The van der Waals surface area contributed by atoms with Gasteiger partial charge in [0, 0.05) is 24.4 Å². The first kappa shape index (κ1) is 9.92. The van der Waals surface area contributed by atoms with Gasteiger partial charge in [0.15, 0.2) is 0 Å². The molecule has 0 rings (SSSR count). The van der Waals surface area contributed by atoms with Crippen LogP contribution in [-0.4, -0.2) is 24.4 Å². The van der Waals surface area contributed by atoms with E-state index in [1.165, 1.54) is 6.42 Å². The summed E-state index contributed by atoms with van der Waals surface area (Å²) in [6, 6.07) is 0. The van der Waals surface area contributed by atoms with Crippen molar-refractivity contribution in [1.82, 2.24) is 0 Å². The predicted octanol–water partition coefficient (Wildman–Crippen LogP) is 2.43. The summed E-state index contributed by atoms with van der Waals surface area (Å²) in [5.41, 5.74) is 0. The summed E-state index contributed by atoms with van der Waals surface area (Å²) in [5, 5.41) is 2.10. The second kappa shape index (κ2) is 7.03. The molecule has 0 N–H and O–H groups in total. The Kier molecular flexibility index (Phi) is 7.75. The van der Waals surface area contributed by atoms with Crippen LogP contribution in [0.2, 0.25) is 0 Å². The summed E-state index contributed by atoms with van der Waals surface area (Å²) in [4.78, 5) is 0. The molecule has 56 valence electrons. The summed E-state index contributed by atoms with van der Waals surface area (Å²) in [5.74, 6) is 0.661. The fourth-order valence-electron chi connectivity index (χ4n) is 0.595. The second-order valence-electron chi connectivity index (χ2n) is 1.95. The topological polar surface area (TPSA) is 9.23 Å². The summed E-state index contributed by atoms with van der Waals surface area (Å²) >= 11 is 6.80. The van der Waals surface area contributed by atoms with Crippen LogP contribution in [0.25, 0.3) is 0 Å². The molecule has 0 saturated carbocycles. The molecule has 0 amide bonds. The van der Waals surface area contributed by atoms with E-state index in [1.54, 1.807) is 7.11 Å². The van der Waals surface area contributed by atoms with E-state index >= 15 is 0 Å². The second-order valence-corrected chi connectivity index (χ2v) is 3.39. The Morgan fingerprint density at radius 2 is 2.11 bits per heavy atom. The lowest BCUT2D eigenvalue weighted by molar-refractivity contribution is 0.161. The molecule has 0 aromatic heterocycles. The Morgan fingerprint density at radius 3 is 2.44 bits per heavy atom. The van der Waals surface area contributed by atoms with Crippen molar-refractivity contribution in [2.45, 2.75) is 6.42 Å². The van der Waals surface area contributed by atoms with E-state index < -0.39 is 0 Å². The van der Waals surface area contributed by atoms with Gasteiger partial charge in [-0.05, 0) is 12.3 Å². The van der Waals surface area contributed by atoms with Gasteiger partial charge in [-0.25, -0.2) is 0 Å². The number of alkyl halides is 2. The predicted molar refractivity (Wildman–Crippen MR) is 47.6 cm³/mol. The highest BCUT2D eigenvalue weighted by atomic mass is 79.9. The lowest BCUT2D eigenvalue weighted by atomic mass is 10.1. The fourth-order valence-corrected chi connectivity index (χ4v) is 1.75. The van der Waals surface area contributed by atoms with Crippen molar-refractivity contribution in [1.29, 1.82) is 0 Å². The number of halogens is 2. The molecule has 0 radical (unpaired) electrons. The van der Waals surface area contributed by atoms with E-state index in [0.29, 0.717) is 5.92 Å². The van der Waals surface area contributed by atoms with Crippen LogP contribution in [0.15, 0.2) is 0 Å². The molecule has 1 atom stereocenters. The zero-order chi connectivity index (χ0) is 7.11. The highest BCUT2D eigenvalue weighted by Crippen LogP contribution is 2.08. The smallest absolute Gasteiger partial charge is 0.0498 e. The molecule has 0 aliphatic heterocycles. The first-order chi connectivity index (χ1) is 4.35. The van der Waals surface area contributed by atoms with Crippen molar-refractivity contribution in [3.05, 3.63) is 0 Å². The van der Waals surface area contributed by atoms with Crippen molar-refractivity contribution in [3.8, 4) is 0 Å². The molecular weight excluding hydrogens is 248 g/mol. The normalized spacial score (nSPS) is 13.7. The van der Waals surface area contributed by atoms with Crippen LogP contribution in [0.4, 0.5) is 0 Å². The number of methoxy groups -OCH3 is 1. The van der Waals surface area contributed by atoms with E-state index in [0.717, 1.165) is 17.3 Å². The molecule has 0 unspecified atom stereocenters. The first-order valence-electron chi connectivity index (χ1n) is 2.96. The van der Waals surface area contributed by atoms with Gasteiger partial charge in [0.1, 0.15) is 0 Å². The zero-order valence-corrected chi connectivity index (χ0v) is 8.74. The molecule has 9 heavy (non-hydrogen) atoms. The molecule has 0 spiro atoms. The third-order valence-corrected chi connectivity index (χ3v) is 2.51. The van der Waals surface area contributed by atoms with E-state index in [1.807, 2.05) is 0 Å². The van der Waals surface area contributed by atoms with Gasteiger partial charge in [0.05, 0.1) is 0 Å². The fraction of sp³-hybridized carbons (Fsp3) is 1.00. The van der Waals surface area contributed by atoms with Crippen molar-refractivity contribution < 1.29 is 4.74 Å². The minimum atomic E-state index is 0.661. The van der Waals surface area contributed by atoms with Crippen LogP contribution in [-0.2, 0) is 4.74 Å². The molecule has 0 heterocycles. The van der Waals surface area contributed by atoms with Crippen LogP contribution in [0.5, 0.6) is 0 Å². The van der Waals surface area contributed by atoms with Crippen molar-refractivity contribution in [2.75, 3.05) is 24.4 Å². The van der Waals surface area contributed by atoms with Crippen molar-refractivity contribution >= 4 is 31.9 Å². The van der Waals surface area contributed by atoms with Gasteiger partial charge in [0.2, 0.25) is 0 Å². The summed E-state index contributed by atoms with van der Waals surface area (Å²) in [7, 11) is 1.74. The summed E-state index contributed by atoms with van der Waals surface area (Å²) in [6.45, 7) is 0.858. The average Bonchev–Trinajstić information content (AvgIpc) is 1.88. The third-order valence-electron chi connectivity index (χ3n) is 1.14. The Bertz CT molecular complexity index is 53.0. The van der Waals surface area contributed by atoms with E-state index in [-0.39, 0.29) is 0 Å². The largest absolute Gasteiger partial charge is 0.384 e. The van der Waals surface area contributed by atoms with Crippen molar-refractivity contribution in [2.24, 2.45) is 5.92 Å². The van der Waals surface area contributed by atoms with Crippen LogP contribution in [0.1, 0.15) is 6.42 Å². The maximum absolute atomic E-state index is 5.00. The average molecular weight is 260 g/mol. The monoisotopic (exact) mass is 258 g/mol. The minimum absolute atomic E-state index is 0.661. The Balaban J connectivity index is 3.18. The van der Waals surface area contributed by atoms with Gasteiger partial charge >= 0.3 is 0 Å². The quantitative estimate of drug-likeness (QED) is 0.690. The van der Waals surface area contributed by atoms with Crippen LogP contribution < -0.4 is 0 Å². The maximum Gasteiger partial charge on any atom is 0.0498 e. The highest BCUT2D eigenvalue weighted by molar-refractivity contribution is 9.09. The number of hydrogen-bond acceptors (Lipinski definition) is 1. The maximum atomic E-state index is 5.00. The van der Waals surface area contributed by atoms with E-state index in [9.17, 15) is 0 Å². The number of ether oxygens (including phenoxy) is 1. The summed E-state index contributed by atoms with van der Waals surface area (Å²) in [6.07, 6.45) is 1.18. The lowest BCUT2D eigenvalue weighted by Gasteiger charge is -2.09. The van der Waals surface area contributed by atoms with Gasteiger partial charge in [0.25, 0.3) is 0 Å². The van der Waals surface area contributed by atoms with Gasteiger partial charge < -0.3 is 4.74 Å². The molecule has 0 aromatic rings. The van der Waals surface area contributed by atoms with Gasteiger partial charge in [-0.2, -0.15) is 0 Å². The molecule has 0 fully saturated rings. The zero-order valence-electron chi connectivity index (χ0n) is 5.57. The van der Waals surface area contributed by atoms with Gasteiger partial charge in [-0.1, -0.05) is 31.9 Å². The Morgan fingerprint density at radius 1 is 1.44 bits per heavy atom. The molecule has 0 aliphatic carbocycles. The van der Waals surface area contributed by atoms with E-state index in [4.69, 9.17) is 4.74 Å². The number of rotatable bonds is 5. The van der Waals surface area contributed by atoms with E-state index in [2.05, 4.69) is 31.9 Å². The highest BCUT2D eigenvalue weighted by Gasteiger charge is 2.03. The minimum Gasteiger partial charge on any atom is -0.384 e. The summed E-state index contributed by atoms with van der Waals surface area (Å²) < 4.78 is 5.00. The molecular formula is C6H12Br2O. The molecule has 0 aromatic carbocycles. The number of hydrogen-bond donors (Lipinski definition) is 0. The molecule has 0 aliphatic rings. The van der Waals surface area contributed by atoms with Crippen LogP contribution >= 0.6 is 31.9 Å². The van der Waals surface area contributed by atoms with Gasteiger partial charge in [-0.15, -0.1) is 0 Å². The molecule has 3 heteroatoms. The Labute approximate surface area is 73.4 Å². The SMILES string of the molecule is COC[C@H](CBr)CCBr. The molecule has 0 bridgehead atoms. The Hall–Kier alpha value is 0.920. The molecule has 0 saturated heterocycles. The van der Waals surface area contributed by atoms with Gasteiger partial charge in [-0.3, -0.25) is 0 Å². The standard InChI is InChI=1S/C6H12Br2O/c1-9-5-6(4-8)2-3-7/h6H,2-5H2,1H3/t6-/m0/s1. The lowest BCUT2D eigenvalue weighted by Crippen LogP contribution is -2.09. The van der Waals surface area contributed by atoms with Crippen molar-refractivity contribution in [3.63, 3.8) is 0 Å². The first-order valence-corrected chi connectivity index (χ1v) is 5.20. The molecule has 1 nitrogen and oxygen atoms in total. The third kappa shape index (κ3) is 5.37. The van der Waals surface area contributed by atoms with Crippen LogP contribution in [0.3, 0.4) is 0 Å². The van der Waals surface area contributed by atoms with Crippen LogP contribution in [0, 0.1) is 5.92 Å².